The van der Waals surface area contributed by atoms with Crippen molar-refractivity contribution >= 4 is 41.8 Å². The number of hydrogen-bond acceptors (Lipinski definition) is 23. The number of carbonyl (C=O) groups excluding carboxylic acids is 7. The molecule has 7 aromatic rings. The first-order chi connectivity index (χ1) is 47.6. The molecule has 0 spiro atoms. The molecular weight excluding hydrogens is 1270 g/mol. The fraction of sp³-hybridized carbons (Fsp3) is 0.347. The Kier molecular flexibility index (Phi) is 25.9. The van der Waals surface area contributed by atoms with E-state index in [1.807, 2.05) is 121 Å². The lowest BCUT2D eigenvalue weighted by Gasteiger charge is -2.51. The molecule has 3 aliphatic heterocycles. The minimum atomic E-state index is -2.06. The van der Waals surface area contributed by atoms with E-state index >= 15 is 4.79 Å². The van der Waals surface area contributed by atoms with Crippen LogP contribution in [0, 0.1) is 0 Å². The van der Waals surface area contributed by atoms with Crippen molar-refractivity contribution in [3.8, 4) is 0 Å². The van der Waals surface area contributed by atoms with Gasteiger partial charge in [0.2, 0.25) is 0 Å². The van der Waals surface area contributed by atoms with Crippen molar-refractivity contribution in [2.45, 2.75) is 146 Å². The van der Waals surface area contributed by atoms with Gasteiger partial charge in [0.25, 0.3) is 0 Å². The molecule has 0 radical (unpaired) electrons. The smallest absolute Gasteiger partial charge is 0.338 e. The lowest BCUT2D eigenvalue weighted by molar-refractivity contribution is -0.389. The van der Waals surface area contributed by atoms with Crippen LogP contribution in [-0.2, 0) is 121 Å². The molecule has 0 saturated carbocycles. The van der Waals surface area contributed by atoms with E-state index in [-0.39, 0.29) is 49.7 Å². The van der Waals surface area contributed by atoms with E-state index in [1.54, 1.807) is 54.6 Å². The maximum atomic E-state index is 15.2. The van der Waals surface area contributed by atoms with Crippen LogP contribution in [-0.4, -0.2) is 154 Å². The molecular formula is C75H76O23. The zero-order valence-electron chi connectivity index (χ0n) is 54.2. The highest BCUT2D eigenvalue weighted by Crippen LogP contribution is 2.40. The summed E-state index contributed by atoms with van der Waals surface area (Å²) in [6, 6.07) is 61.0. The Balaban J connectivity index is 1.16. The average molecular weight is 1350 g/mol. The molecule has 3 aliphatic rings. The second-order valence-electron chi connectivity index (χ2n) is 23.1. The van der Waals surface area contributed by atoms with Crippen molar-refractivity contribution in [3.05, 3.63) is 251 Å². The van der Waals surface area contributed by atoms with Gasteiger partial charge in [-0.2, -0.15) is 0 Å². The Morgan fingerprint density at radius 2 is 0.622 bits per heavy atom. The largest absolute Gasteiger partial charge is 0.463 e. The minimum Gasteiger partial charge on any atom is -0.463 e. The van der Waals surface area contributed by atoms with Gasteiger partial charge in [-0.25, -0.2) is 14.4 Å². The molecule has 0 N–H and O–H groups in total. The Morgan fingerprint density at radius 1 is 0.286 bits per heavy atom. The third-order valence-electron chi connectivity index (χ3n) is 15.8. The molecule has 15 atom stereocenters. The van der Waals surface area contributed by atoms with Gasteiger partial charge >= 0.3 is 41.8 Å². The number of carbonyl (C=O) groups is 7. The Morgan fingerprint density at radius 3 is 1.08 bits per heavy atom. The monoisotopic (exact) mass is 1340 g/mol. The molecule has 7 aromatic carbocycles. The van der Waals surface area contributed by atoms with Crippen molar-refractivity contribution in [2.75, 3.05) is 19.8 Å². The summed E-state index contributed by atoms with van der Waals surface area (Å²) in [5.74, 6) is -6.53. The van der Waals surface area contributed by atoms with Crippen LogP contribution in [0.3, 0.4) is 0 Å². The van der Waals surface area contributed by atoms with Crippen LogP contribution in [0.1, 0.15) is 81.0 Å². The number of esters is 7. The molecule has 23 heteroatoms. The summed E-state index contributed by atoms with van der Waals surface area (Å²) in [6.07, 6.45) is -24.9. The third-order valence-corrected chi connectivity index (χ3v) is 15.8. The van der Waals surface area contributed by atoms with Gasteiger partial charge in [-0.1, -0.05) is 176 Å². The van der Waals surface area contributed by atoms with Gasteiger partial charge in [0, 0.05) is 27.7 Å². The SMILES string of the molecule is CC(=O)OCC1O[C@H](O[C@@H]2C(OC(=O)c3ccccc3)[C@@H](OC3[C@@H](OCc4ccccc4)OC(COCc4ccccc4)[C@@H](OCc4ccccc4)[C@@H]3OCc3ccccc3)OC(COC(=O)c3ccccc3)[C@H]2OC(=O)c2ccccc2)C(OC(C)=O)[C@@H](OC(C)=O)[C@@H]1OC(C)=O. The molecule has 3 heterocycles. The molecule has 3 saturated heterocycles. The van der Waals surface area contributed by atoms with Gasteiger partial charge in [0.15, 0.2) is 49.4 Å². The molecule has 514 valence electrons. The molecule has 3 fully saturated rings. The predicted octanol–water partition coefficient (Wildman–Crippen LogP) is 9.20. The van der Waals surface area contributed by atoms with Crippen molar-refractivity contribution in [2.24, 2.45) is 0 Å². The highest BCUT2D eigenvalue weighted by atomic mass is 16.8. The van der Waals surface area contributed by atoms with Crippen molar-refractivity contribution in [1.29, 1.82) is 0 Å². The Bertz CT molecular complexity index is 3670. The van der Waals surface area contributed by atoms with Gasteiger partial charge < -0.3 is 75.8 Å². The van der Waals surface area contributed by atoms with Crippen molar-refractivity contribution in [1.82, 2.24) is 0 Å². The van der Waals surface area contributed by atoms with Crippen LogP contribution in [0.5, 0.6) is 0 Å². The first-order valence-corrected chi connectivity index (χ1v) is 31.9. The molecule has 23 nitrogen and oxygen atoms in total. The third kappa shape index (κ3) is 20.1. The summed E-state index contributed by atoms with van der Waals surface area (Å²) >= 11 is 0. The standard InChI is InChI=1S/C75H76O23/c1-47(76)84-45-59-62(89-48(2)77)65(90-49(3)78)68(91-50(4)79)74(93-59)97-66-63(95-71(81)56-36-22-10-23-37-56)60(46-87-70(80)55-34-20-9-21-35-55)94-75(69(66)96-72(82)57-38-24-11-25-39-57)98-67-64(86-42-53-30-16-7-17-31-53)61(85-41-52-28-14-6-15-29-52)58(44-83-40-51-26-12-5-13-27-51)92-73(67)88-43-54-32-18-8-19-33-54/h5-39,58-69,73-75H,40-46H2,1-4H3/t58?,59?,60?,61-,62-,63-,64+,65+,66+,67?,68?,69?,73+,74-,75-/m1/s1. The minimum absolute atomic E-state index is 0.00379. The fourth-order valence-electron chi connectivity index (χ4n) is 11.3. The first-order valence-electron chi connectivity index (χ1n) is 31.9. The summed E-state index contributed by atoms with van der Waals surface area (Å²) in [6.45, 7) is 2.79. The summed E-state index contributed by atoms with van der Waals surface area (Å²) in [5.41, 5.74) is 3.25. The molecule has 0 amide bonds. The van der Waals surface area contributed by atoms with E-state index in [2.05, 4.69) is 0 Å². The number of ether oxygens (including phenoxy) is 16. The maximum Gasteiger partial charge on any atom is 0.338 e. The molecule has 0 aromatic heterocycles. The van der Waals surface area contributed by atoms with Crippen LogP contribution in [0.25, 0.3) is 0 Å². The van der Waals surface area contributed by atoms with E-state index in [4.69, 9.17) is 75.8 Å². The van der Waals surface area contributed by atoms with Gasteiger partial charge in [-0.3, -0.25) is 19.2 Å². The van der Waals surface area contributed by atoms with Crippen LogP contribution in [0.2, 0.25) is 0 Å². The number of rotatable bonds is 29. The van der Waals surface area contributed by atoms with Gasteiger partial charge in [0.05, 0.1) is 49.7 Å². The molecule has 0 bridgehead atoms. The summed E-state index contributed by atoms with van der Waals surface area (Å²) in [7, 11) is 0. The van der Waals surface area contributed by atoms with Crippen LogP contribution < -0.4 is 0 Å². The highest BCUT2D eigenvalue weighted by molar-refractivity contribution is 5.90. The summed E-state index contributed by atoms with van der Waals surface area (Å²) < 4.78 is 105. The quantitative estimate of drug-likeness (QED) is 0.0312. The van der Waals surface area contributed by atoms with Crippen molar-refractivity contribution < 1.29 is 109 Å². The lowest BCUT2D eigenvalue weighted by Crippen LogP contribution is -2.69. The molecule has 98 heavy (non-hydrogen) atoms. The highest BCUT2D eigenvalue weighted by Gasteiger charge is 2.60. The summed E-state index contributed by atoms with van der Waals surface area (Å²) in [5, 5.41) is 0. The van der Waals surface area contributed by atoms with Gasteiger partial charge in [-0.05, 0) is 58.7 Å². The fourth-order valence-corrected chi connectivity index (χ4v) is 11.3. The first kappa shape index (κ1) is 71.2. The Labute approximate surface area is 566 Å². The second kappa shape index (κ2) is 35.6. The molecule has 6 unspecified atom stereocenters. The van der Waals surface area contributed by atoms with Crippen LogP contribution in [0.4, 0.5) is 0 Å². The van der Waals surface area contributed by atoms with Gasteiger partial charge in [-0.15, -0.1) is 0 Å². The van der Waals surface area contributed by atoms with E-state index in [0.717, 1.165) is 49.9 Å². The van der Waals surface area contributed by atoms with Crippen LogP contribution >= 0.6 is 0 Å². The van der Waals surface area contributed by atoms with E-state index in [9.17, 15) is 28.8 Å². The Hall–Kier alpha value is -9.53. The van der Waals surface area contributed by atoms with E-state index in [1.165, 1.54) is 36.4 Å². The van der Waals surface area contributed by atoms with Gasteiger partial charge in [0.1, 0.15) is 55.9 Å². The second-order valence-corrected chi connectivity index (χ2v) is 23.1. The molecule has 0 aliphatic carbocycles. The van der Waals surface area contributed by atoms with Crippen molar-refractivity contribution in [3.63, 3.8) is 0 Å². The normalized spacial score (nSPS) is 25.1. The zero-order valence-corrected chi connectivity index (χ0v) is 54.2. The lowest BCUT2D eigenvalue weighted by atomic mass is 9.95. The summed E-state index contributed by atoms with van der Waals surface area (Å²) in [4.78, 5) is 96.5. The topological polar surface area (TPSA) is 267 Å². The maximum absolute atomic E-state index is 15.2. The van der Waals surface area contributed by atoms with Crippen LogP contribution in [0.15, 0.2) is 212 Å². The average Bonchev–Trinajstić information content (AvgIpc) is 0.761. The predicted molar refractivity (Wildman–Crippen MR) is 344 cm³/mol. The molecule has 10 rings (SSSR count). The van der Waals surface area contributed by atoms with E-state index in [0.29, 0.717) is 0 Å². The number of hydrogen-bond donors (Lipinski definition) is 0. The zero-order chi connectivity index (χ0) is 68.8. The van der Waals surface area contributed by atoms with E-state index < -0.39 is 147 Å². The number of benzene rings is 7.